The van der Waals surface area contributed by atoms with E-state index in [9.17, 15) is 9.18 Å². The van der Waals surface area contributed by atoms with Crippen molar-refractivity contribution in [3.63, 3.8) is 0 Å². The summed E-state index contributed by atoms with van der Waals surface area (Å²) in [4.78, 5) is 12.0. The van der Waals surface area contributed by atoms with E-state index < -0.39 is 11.7 Å². The Balaban J connectivity index is 2.00. The zero-order valence-corrected chi connectivity index (χ0v) is 13.2. The summed E-state index contributed by atoms with van der Waals surface area (Å²) in [7, 11) is 1.61. The van der Waals surface area contributed by atoms with Gasteiger partial charge in [0.05, 0.1) is 12.7 Å². The second-order valence-electron chi connectivity index (χ2n) is 4.95. The number of nitrogens with one attached hydrogen (secondary N) is 1. The fourth-order valence-corrected chi connectivity index (χ4v) is 2.35. The van der Waals surface area contributed by atoms with Crippen molar-refractivity contribution in [3.8, 4) is 5.75 Å². The third-order valence-electron chi connectivity index (χ3n) is 3.29. The van der Waals surface area contributed by atoms with E-state index in [4.69, 9.17) is 16.3 Å². The van der Waals surface area contributed by atoms with Crippen LogP contribution in [0.3, 0.4) is 0 Å². The summed E-state index contributed by atoms with van der Waals surface area (Å²) in [6.07, 6.45) is 0.596. The topological polar surface area (TPSA) is 38.3 Å². The van der Waals surface area contributed by atoms with Gasteiger partial charge < -0.3 is 10.1 Å². The highest BCUT2D eigenvalue weighted by atomic mass is 35.5. The zero-order chi connectivity index (χ0) is 16.1. The average Bonchev–Trinajstić information content (AvgIpc) is 2.50. The number of aryl methyl sites for hydroxylation is 1. The van der Waals surface area contributed by atoms with Gasteiger partial charge in [0.2, 0.25) is 0 Å². The quantitative estimate of drug-likeness (QED) is 0.910. The van der Waals surface area contributed by atoms with Gasteiger partial charge in [-0.15, -0.1) is 0 Å². The van der Waals surface area contributed by atoms with Crippen molar-refractivity contribution < 1.29 is 13.9 Å². The molecule has 2 aromatic carbocycles. The molecule has 2 aromatic rings. The maximum Gasteiger partial charge on any atom is 0.254 e. The minimum Gasteiger partial charge on any atom is -0.496 e. The Kier molecular flexibility index (Phi) is 5.39. The van der Waals surface area contributed by atoms with Crippen LogP contribution in [0, 0.1) is 12.7 Å². The van der Waals surface area contributed by atoms with Crippen LogP contribution in [0.2, 0.25) is 5.02 Å². The average molecular weight is 322 g/mol. The smallest absolute Gasteiger partial charge is 0.254 e. The van der Waals surface area contributed by atoms with E-state index in [1.807, 2.05) is 25.1 Å². The molecule has 3 nitrogen and oxygen atoms in total. The van der Waals surface area contributed by atoms with Crippen molar-refractivity contribution in [2.75, 3.05) is 13.7 Å². The van der Waals surface area contributed by atoms with Gasteiger partial charge in [-0.3, -0.25) is 4.79 Å². The maximum atomic E-state index is 13.6. The predicted octanol–water partition coefficient (Wildman–Crippen LogP) is 3.77. The first kappa shape index (κ1) is 16.3. The van der Waals surface area contributed by atoms with Crippen molar-refractivity contribution in [1.29, 1.82) is 0 Å². The number of rotatable bonds is 5. The molecule has 2 rings (SSSR count). The monoisotopic (exact) mass is 321 g/mol. The molecule has 0 bridgehead atoms. The minimum absolute atomic E-state index is 0.0521. The molecule has 0 heterocycles. The van der Waals surface area contributed by atoms with Crippen LogP contribution in [-0.4, -0.2) is 19.6 Å². The lowest BCUT2D eigenvalue weighted by molar-refractivity contribution is 0.0950. The summed E-state index contributed by atoms with van der Waals surface area (Å²) in [6.45, 7) is 2.37. The summed E-state index contributed by atoms with van der Waals surface area (Å²) < 4.78 is 18.9. The third kappa shape index (κ3) is 3.98. The van der Waals surface area contributed by atoms with Gasteiger partial charge in [0.1, 0.15) is 11.6 Å². The molecule has 0 aliphatic heterocycles. The Morgan fingerprint density at radius 3 is 2.77 bits per heavy atom. The second kappa shape index (κ2) is 7.27. The lowest BCUT2D eigenvalue weighted by Crippen LogP contribution is -2.26. The Labute approximate surface area is 134 Å². The van der Waals surface area contributed by atoms with Crippen molar-refractivity contribution >= 4 is 17.5 Å². The summed E-state index contributed by atoms with van der Waals surface area (Å²) in [5.74, 6) is -0.296. The van der Waals surface area contributed by atoms with Gasteiger partial charge in [-0.25, -0.2) is 4.39 Å². The van der Waals surface area contributed by atoms with Crippen molar-refractivity contribution in [3.05, 3.63) is 63.9 Å². The lowest BCUT2D eigenvalue weighted by atomic mass is 10.1. The normalized spacial score (nSPS) is 10.4. The third-order valence-corrected chi connectivity index (χ3v) is 3.52. The van der Waals surface area contributed by atoms with E-state index in [-0.39, 0.29) is 5.56 Å². The van der Waals surface area contributed by atoms with Crippen LogP contribution in [0.15, 0.2) is 36.4 Å². The second-order valence-corrected chi connectivity index (χ2v) is 5.38. The molecular weight excluding hydrogens is 305 g/mol. The summed E-state index contributed by atoms with van der Waals surface area (Å²) >= 11 is 5.78. The van der Waals surface area contributed by atoms with E-state index in [1.165, 1.54) is 18.2 Å². The lowest BCUT2D eigenvalue weighted by Gasteiger charge is -2.10. The maximum absolute atomic E-state index is 13.6. The summed E-state index contributed by atoms with van der Waals surface area (Å²) in [5, 5.41) is 3.02. The summed E-state index contributed by atoms with van der Waals surface area (Å²) in [5.41, 5.74) is 2.06. The Morgan fingerprint density at radius 2 is 2.05 bits per heavy atom. The molecule has 0 aliphatic rings. The fourth-order valence-electron chi connectivity index (χ4n) is 2.18. The Hall–Kier alpha value is -2.07. The number of ether oxygens (including phenoxy) is 1. The molecule has 22 heavy (non-hydrogen) atoms. The largest absolute Gasteiger partial charge is 0.496 e. The van der Waals surface area contributed by atoms with Gasteiger partial charge in [0.25, 0.3) is 5.91 Å². The number of hydrogen-bond acceptors (Lipinski definition) is 2. The molecule has 0 saturated carbocycles. The highest BCUT2D eigenvalue weighted by molar-refractivity contribution is 6.31. The number of halogens is 2. The van der Waals surface area contributed by atoms with E-state index >= 15 is 0 Å². The molecule has 0 fully saturated rings. The van der Waals surface area contributed by atoms with Gasteiger partial charge in [0.15, 0.2) is 0 Å². The first-order valence-electron chi connectivity index (χ1n) is 6.88. The Morgan fingerprint density at radius 1 is 1.27 bits per heavy atom. The van der Waals surface area contributed by atoms with Crippen LogP contribution in [-0.2, 0) is 6.42 Å². The van der Waals surface area contributed by atoms with Crippen molar-refractivity contribution in [2.24, 2.45) is 0 Å². The molecule has 1 amide bonds. The zero-order valence-electron chi connectivity index (χ0n) is 12.5. The van der Waals surface area contributed by atoms with Crippen molar-refractivity contribution in [2.45, 2.75) is 13.3 Å². The first-order chi connectivity index (χ1) is 10.5. The summed E-state index contributed by atoms with van der Waals surface area (Å²) in [6, 6.07) is 9.77. The van der Waals surface area contributed by atoms with Crippen LogP contribution >= 0.6 is 11.6 Å². The molecule has 5 heteroatoms. The van der Waals surface area contributed by atoms with E-state index in [0.717, 1.165) is 16.9 Å². The van der Waals surface area contributed by atoms with E-state index in [1.54, 1.807) is 7.11 Å². The molecule has 0 saturated heterocycles. The fraction of sp³-hybridized carbons (Fsp3) is 0.235. The molecule has 0 spiro atoms. The number of amides is 1. The number of methoxy groups -OCH3 is 1. The molecule has 1 N–H and O–H groups in total. The van der Waals surface area contributed by atoms with Gasteiger partial charge >= 0.3 is 0 Å². The molecule has 0 aromatic heterocycles. The van der Waals surface area contributed by atoms with E-state index in [0.29, 0.717) is 18.0 Å². The van der Waals surface area contributed by atoms with Gasteiger partial charge in [-0.05, 0) is 43.2 Å². The molecule has 0 atom stereocenters. The van der Waals surface area contributed by atoms with Gasteiger partial charge in [-0.2, -0.15) is 0 Å². The standard InChI is InChI=1S/C17H17ClFNO2/c1-11-3-6-16(22-2)12(9-11)7-8-20-17(21)14-10-13(18)4-5-15(14)19/h3-6,9-10H,7-8H2,1-2H3,(H,20,21). The van der Waals surface area contributed by atoms with Gasteiger partial charge in [-0.1, -0.05) is 29.3 Å². The van der Waals surface area contributed by atoms with Crippen LogP contribution in [0.1, 0.15) is 21.5 Å². The Bertz CT molecular complexity index is 688. The first-order valence-corrected chi connectivity index (χ1v) is 7.26. The highest BCUT2D eigenvalue weighted by Gasteiger charge is 2.12. The number of benzene rings is 2. The van der Waals surface area contributed by atoms with Gasteiger partial charge in [0, 0.05) is 11.6 Å². The molecule has 116 valence electrons. The number of carbonyl (C=O) groups is 1. The predicted molar refractivity (Wildman–Crippen MR) is 85.2 cm³/mol. The van der Waals surface area contributed by atoms with Crippen LogP contribution in [0.5, 0.6) is 5.75 Å². The number of hydrogen-bond donors (Lipinski definition) is 1. The SMILES string of the molecule is COc1ccc(C)cc1CCNC(=O)c1cc(Cl)ccc1F. The highest BCUT2D eigenvalue weighted by Crippen LogP contribution is 2.20. The molecular formula is C17H17ClFNO2. The number of carbonyl (C=O) groups excluding carboxylic acids is 1. The van der Waals surface area contributed by atoms with Crippen LogP contribution < -0.4 is 10.1 Å². The van der Waals surface area contributed by atoms with E-state index in [2.05, 4.69) is 5.32 Å². The molecule has 0 aliphatic carbocycles. The van der Waals surface area contributed by atoms with Crippen LogP contribution in [0.4, 0.5) is 4.39 Å². The molecule has 0 radical (unpaired) electrons. The van der Waals surface area contributed by atoms with Crippen molar-refractivity contribution in [1.82, 2.24) is 5.32 Å². The minimum atomic E-state index is -0.588. The molecule has 0 unspecified atom stereocenters. The van der Waals surface area contributed by atoms with Crippen LogP contribution in [0.25, 0.3) is 0 Å².